The summed E-state index contributed by atoms with van der Waals surface area (Å²) in [7, 11) is -2.73. The van der Waals surface area contributed by atoms with Crippen molar-refractivity contribution in [1.29, 1.82) is 0 Å². The Balaban J connectivity index is 1.32. The van der Waals surface area contributed by atoms with Gasteiger partial charge in [-0.15, -0.1) is 6.58 Å². The molecule has 3 saturated carbocycles. The first-order chi connectivity index (χ1) is 26.1. The van der Waals surface area contributed by atoms with E-state index < -0.39 is 97.9 Å². The molecule has 3 aliphatic carbocycles. The number of amides is 4. The fraction of sp³-hybridized carbons (Fsp3) is 0.622. The van der Waals surface area contributed by atoms with Crippen LogP contribution in [0.4, 0.5) is 18.0 Å². The molecule has 0 radical (unpaired) electrons. The number of nitrogens with zero attached hydrogens (tertiary/aromatic N) is 3. The van der Waals surface area contributed by atoms with E-state index in [0.717, 1.165) is 17.7 Å². The van der Waals surface area contributed by atoms with E-state index in [-0.39, 0.29) is 30.0 Å². The third kappa shape index (κ3) is 8.23. The van der Waals surface area contributed by atoms with Gasteiger partial charge in [-0.2, -0.15) is 13.2 Å². The van der Waals surface area contributed by atoms with Crippen LogP contribution in [0.3, 0.4) is 0 Å². The van der Waals surface area contributed by atoms with Gasteiger partial charge in [0.05, 0.1) is 29.4 Å². The molecule has 56 heavy (non-hydrogen) atoms. The van der Waals surface area contributed by atoms with Crippen LogP contribution in [0.15, 0.2) is 30.9 Å². The topological polar surface area (TPSA) is 195 Å². The molecule has 1 aromatic heterocycles. The number of likely N-dealkylation sites (tertiary alicyclic amines) is 1. The molecule has 4 amide bonds. The predicted molar refractivity (Wildman–Crippen MR) is 195 cm³/mol. The zero-order valence-electron chi connectivity index (χ0n) is 31.8. The molecule has 4 aliphatic rings. The number of aromatic nitrogens is 2. The number of ether oxygens (including phenoxy) is 3. The minimum absolute atomic E-state index is 0.00512. The lowest BCUT2D eigenvalue weighted by Crippen LogP contribution is -2.60. The number of fused-ring (bicyclic) bond motifs is 1. The van der Waals surface area contributed by atoms with E-state index in [2.05, 4.69) is 31.9 Å². The fourth-order valence-electron chi connectivity index (χ4n) is 7.19. The highest BCUT2D eigenvalue weighted by Gasteiger charge is 2.63. The van der Waals surface area contributed by atoms with Crippen molar-refractivity contribution >= 4 is 44.9 Å². The highest BCUT2D eigenvalue weighted by atomic mass is 32.2. The lowest BCUT2D eigenvalue weighted by atomic mass is 9.85. The number of hydrogen-bond donors (Lipinski definition) is 3. The molecule has 3 N–H and O–H groups in total. The normalized spacial score (nSPS) is 25.2. The first-order valence-corrected chi connectivity index (χ1v) is 20.0. The Morgan fingerprint density at radius 1 is 1.05 bits per heavy atom. The molecular weight excluding hydrogens is 762 g/mol. The number of alkyl halides is 3. The first kappa shape index (κ1) is 41.0. The summed E-state index contributed by atoms with van der Waals surface area (Å²) < 4.78 is 86.7. The molecule has 15 nitrogen and oxygen atoms in total. The van der Waals surface area contributed by atoms with E-state index in [1.807, 2.05) is 0 Å². The van der Waals surface area contributed by atoms with Crippen molar-refractivity contribution in [3.05, 3.63) is 36.5 Å². The summed E-state index contributed by atoms with van der Waals surface area (Å²) in [6, 6.07) is 1.37. The number of rotatable bonds is 12. The van der Waals surface area contributed by atoms with Gasteiger partial charge >= 0.3 is 12.3 Å². The summed E-state index contributed by atoms with van der Waals surface area (Å²) in [4.78, 5) is 64.4. The van der Waals surface area contributed by atoms with Gasteiger partial charge in [-0.05, 0) is 69.4 Å². The summed E-state index contributed by atoms with van der Waals surface area (Å²) in [5.41, 5.74) is -4.19. The van der Waals surface area contributed by atoms with Gasteiger partial charge < -0.3 is 29.7 Å². The molecule has 5 atom stereocenters. The summed E-state index contributed by atoms with van der Waals surface area (Å²) in [5.74, 6) is -3.91. The minimum atomic E-state index is -5.01. The highest BCUT2D eigenvalue weighted by molar-refractivity contribution is 7.91. The molecule has 6 rings (SSSR count). The average Bonchev–Trinajstić information content (AvgIpc) is 3.90. The Hall–Kier alpha value is -4.68. The van der Waals surface area contributed by atoms with Crippen LogP contribution in [0.2, 0.25) is 0 Å². The number of carbonyl (C=O) groups excluding carboxylic acids is 4. The Labute approximate surface area is 322 Å². The van der Waals surface area contributed by atoms with Crippen molar-refractivity contribution in [1.82, 2.24) is 30.2 Å². The van der Waals surface area contributed by atoms with E-state index in [1.165, 1.54) is 38.3 Å². The number of methoxy groups -OCH3 is 1. The lowest BCUT2D eigenvalue weighted by Gasteiger charge is -2.35. The summed E-state index contributed by atoms with van der Waals surface area (Å²) in [6.07, 6.45) is -2.62. The van der Waals surface area contributed by atoms with Gasteiger partial charge in [0, 0.05) is 18.4 Å². The van der Waals surface area contributed by atoms with Gasteiger partial charge in [0.2, 0.25) is 33.4 Å². The average molecular weight is 809 g/mol. The monoisotopic (exact) mass is 808 g/mol. The zero-order valence-corrected chi connectivity index (χ0v) is 32.6. The predicted octanol–water partition coefficient (Wildman–Crippen LogP) is 4.15. The van der Waals surface area contributed by atoms with Crippen LogP contribution in [-0.2, 0) is 35.3 Å². The number of hydrogen-bond acceptors (Lipinski definition) is 11. The molecule has 0 unspecified atom stereocenters. The SMILES string of the molecule is C=C[C@@H]1C[C@]1(NC(=O)[C@@H]1C[C@@H](Oc2nc3cc(OC)ccc3nc2C(F)(F)F)CN1C(=O)[C@@H](NC(=O)OC1CCCC1)C(C)(C)C)C(=O)NS(=O)(=O)C1(C)CC1. The third-order valence-electron chi connectivity index (χ3n) is 11.1. The number of sulfonamides is 1. The number of benzene rings is 1. The van der Waals surface area contributed by atoms with Gasteiger partial charge in [0.1, 0.15) is 35.6 Å². The van der Waals surface area contributed by atoms with Gasteiger partial charge in [0.15, 0.2) is 0 Å². The van der Waals surface area contributed by atoms with Crippen molar-refractivity contribution in [2.45, 2.75) is 120 Å². The summed E-state index contributed by atoms with van der Waals surface area (Å²) >= 11 is 0. The van der Waals surface area contributed by atoms with Crippen molar-refractivity contribution in [2.24, 2.45) is 11.3 Å². The van der Waals surface area contributed by atoms with Crippen molar-refractivity contribution in [3.8, 4) is 11.6 Å². The first-order valence-electron chi connectivity index (χ1n) is 18.5. The number of carbonyl (C=O) groups is 4. The fourth-order valence-corrected chi connectivity index (χ4v) is 8.50. The van der Waals surface area contributed by atoms with Gasteiger partial charge in [-0.25, -0.2) is 23.2 Å². The Kier molecular flexibility index (Phi) is 10.7. The zero-order chi connectivity index (χ0) is 41.0. The molecule has 19 heteroatoms. The number of halogens is 3. The Morgan fingerprint density at radius 2 is 1.73 bits per heavy atom. The molecular formula is C37H47F3N6O9S. The quantitative estimate of drug-likeness (QED) is 0.261. The van der Waals surface area contributed by atoms with E-state index in [4.69, 9.17) is 14.2 Å². The second kappa shape index (κ2) is 14.7. The molecule has 1 aromatic carbocycles. The van der Waals surface area contributed by atoms with E-state index in [1.54, 1.807) is 20.8 Å². The van der Waals surface area contributed by atoms with Gasteiger partial charge in [-0.1, -0.05) is 26.8 Å². The Morgan fingerprint density at radius 3 is 2.30 bits per heavy atom. The summed E-state index contributed by atoms with van der Waals surface area (Å²) in [6.45, 7) is 9.81. The van der Waals surface area contributed by atoms with E-state index in [0.29, 0.717) is 31.4 Å². The van der Waals surface area contributed by atoms with Gasteiger partial charge in [-0.3, -0.25) is 19.1 Å². The van der Waals surface area contributed by atoms with E-state index >= 15 is 0 Å². The third-order valence-corrected chi connectivity index (χ3v) is 13.2. The molecule has 0 spiro atoms. The standard InChI is InChI=1S/C37H47F3N6O9S/c1-7-20-18-36(20,32(49)45-56(51,52)35(5)14-15-35)44-29(47)26-17-23(54-30-27(37(38,39)40)41-24-13-12-22(53-6)16-25(24)42-30)19-46(26)31(48)28(34(2,3)4)43-33(50)55-21-10-8-9-11-21/h7,12-13,16,20-21,23,26,28H,1,8-11,14-15,17-19H2,2-6H3,(H,43,50)(H,44,47)(H,45,49)/t20-,23-,26+,28-,36-/m1/s1. The Bertz CT molecular complexity index is 2030. The maximum Gasteiger partial charge on any atom is 0.438 e. The van der Waals surface area contributed by atoms with Crippen LogP contribution in [0.5, 0.6) is 11.6 Å². The lowest BCUT2D eigenvalue weighted by molar-refractivity contribution is -0.144. The molecule has 4 fully saturated rings. The second-order valence-corrected chi connectivity index (χ2v) is 18.6. The number of alkyl carbamates (subject to hydrolysis) is 1. The van der Waals surface area contributed by atoms with Crippen molar-refractivity contribution in [2.75, 3.05) is 13.7 Å². The molecule has 0 bridgehead atoms. The van der Waals surface area contributed by atoms with Crippen LogP contribution in [0, 0.1) is 11.3 Å². The van der Waals surface area contributed by atoms with Crippen LogP contribution in [0.25, 0.3) is 11.0 Å². The van der Waals surface area contributed by atoms with Crippen molar-refractivity contribution in [3.63, 3.8) is 0 Å². The van der Waals surface area contributed by atoms with Crippen LogP contribution in [-0.4, -0.2) is 95.3 Å². The molecule has 1 saturated heterocycles. The highest BCUT2D eigenvalue weighted by Crippen LogP contribution is 2.47. The minimum Gasteiger partial charge on any atom is -0.497 e. The van der Waals surface area contributed by atoms with Crippen LogP contribution >= 0.6 is 0 Å². The molecule has 2 heterocycles. The van der Waals surface area contributed by atoms with Crippen LogP contribution in [0.1, 0.15) is 84.8 Å². The second-order valence-electron chi connectivity index (χ2n) is 16.4. The maximum atomic E-state index is 14.5. The maximum absolute atomic E-state index is 14.5. The largest absolute Gasteiger partial charge is 0.497 e. The molecule has 2 aromatic rings. The molecule has 306 valence electrons. The number of nitrogens with one attached hydrogen (secondary N) is 3. The molecule has 1 aliphatic heterocycles. The van der Waals surface area contributed by atoms with Gasteiger partial charge in [0.25, 0.3) is 5.91 Å². The smallest absolute Gasteiger partial charge is 0.438 e. The van der Waals surface area contributed by atoms with Crippen molar-refractivity contribution < 1.29 is 55.0 Å². The summed E-state index contributed by atoms with van der Waals surface area (Å²) in [5, 5.41) is 5.28. The van der Waals surface area contributed by atoms with Crippen LogP contribution < -0.4 is 24.8 Å². The van der Waals surface area contributed by atoms with E-state index in [9.17, 15) is 40.8 Å².